The van der Waals surface area contributed by atoms with Crippen molar-refractivity contribution in [3.05, 3.63) is 29.3 Å². The van der Waals surface area contributed by atoms with Gasteiger partial charge in [0, 0.05) is 0 Å². The van der Waals surface area contributed by atoms with Gasteiger partial charge in [0.15, 0.2) is 6.61 Å². The number of hydrogen-bond donors (Lipinski definition) is 2. The van der Waals surface area contributed by atoms with Crippen LogP contribution in [0.5, 0.6) is 5.75 Å². The maximum Gasteiger partial charge on any atom is 0.343 e. The van der Waals surface area contributed by atoms with Gasteiger partial charge in [-0.25, -0.2) is 4.79 Å². The third kappa shape index (κ3) is 5.52. The van der Waals surface area contributed by atoms with Crippen LogP contribution < -0.4 is 4.74 Å². The number of rotatable bonds is 10. The Kier molecular flexibility index (Phi) is 7.96. The summed E-state index contributed by atoms with van der Waals surface area (Å²) in [5.41, 5.74) is 2.43. The number of aliphatic hydroxyl groups excluding tert-OH is 2. The highest BCUT2D eigenvalue weighted by molar-refractivity contribution is 5.71. The molecule has 29 heavy (non-hydrogen) atoms. The summed E-state index contributed by atoms with van der Waals surface area (Å²) in [6, 6.07) is 6.03. The molecular formula is C24H36O5. The first-order chi connectivity index (χ1) is 14.0. The van der Waals surface area contributed by atoms with E-state index in [4.69, 9.17) is 4.74 Å². The van der Waals surface area contributed by atoms with Gasteiger partial charge < -0.3 is 19.7 Å². The van der Waals surface area contributed by atoms with Gasteiger partial charge in [-0.1, -0.05) is 38.3 Å². The summed E-state index contributed by atoms with van der Waals surface area (Å²) in [4.78, 5) is 11.4. The molecule has 5 nitrogen and oxygen atoms in total. The summed E-state index contributed by atoms with van der Waals surface area (Å²) < 4.78 is 10.4. The van der Waals surface area contributed by atoms with Crippen LogP contribution in [-0.4, -0.2) is 42.1 Å². The van der Waals surface area contributed by atoms with E-state index in [2.05, 4.69) is 17.7 Å². The number of ether oxygens (including phenoxy) is 2. The zero-order chi connectivity index (χ0) is 20.8. The highest BCUT2D eigenvalue weighted by atomic mass is 16.6. The molecule has 0 bridgehead atoms. The second kappa shape index (κ2) is 10.4. The molecule has 0 aliphatic heterocycles. The van der Waals surface area contributed by atoms with E-state index in [1.807, 2.05) is 12.1 Å². The van der Waals surface area contributed by atoms with Crippen molar-refractivity contribution in [3.63, 3.8) is 0 Å². The van der Waals surface area contributed by atoms with E-state index in [0.29, 0.717) is 11.8 Å². The largest absolute Gasteiger partial charge is 0.482 e. The predicted octanol–water partition coefficient (Wildman–Crippen LogP) is 3.67. The Morgan fingerprint density at radius 2 is 2.07 bits per heavy atom. The predicted molar refractivity (Wildman–Crippen MR) is 112 cm³/mol. The summed E-state index contributed by atoms with van der Waals surface area (Å²) in [7, 11) is 1.36. The number of benzene rings is 1. The van der Waals surface area contributed by atoms with Crippen LogP contribution in [-0.2, 0) is 22.4 Å². The van der Waals surface area contributed by atoms with Gasteiger partial charge in [-0.05, 0) is 73.5 Å². The van der Waals surface area contributed by atoms with Crippen LogP contribution in [0.15, 0.2) is 18.2 Å². The second-order valence-electron chi connectivity index (χ2n) is 8.78. The maximum atomic E-state index is 11.4. The highest BCUT2D eigenvalue weighted by Gasteiger charge is 2.44. The SMILES string of the molecule is CCCCC[C@H](O)CCC1[C@H](O)C[C@@H]2Cc3c(cccc3OCC(=O)OC)C[C@H]12. The average molecular weight is 405 g/mol. The fraction of sp³-hybridized carbons (Fsp3) is 0.708. The summed E-state index contributed by atoms with van der Waals surface area (Å²) >= 11 is 0. The summed E-state index contributed by atoms with van der Waals surface area (Å²) in [6.45, 7) is 2.09. The fourth-order valence-corrected chi connectivity index (χ4v) is 5.29. The van der Waals surface area contributed by atoms with Gasteiger partial charge >= 0.3 is 5.97 Å². The normalized spacial score (nSPS) is 26.5. The van der Waals surface area contributed by atoms with Crippen LogP contribution in [0.1, 0.15) is 63.0 Å². The van der Waals surface area contributed by atoms with Crippen molar-refractivity contribution < 1.29 is 24.5 Å². The van der Waals surface area contributed by atoms with Crippen molar-refractivity contribution in [2.45, 2.75) is 76.9 Å². The highest BCUT2D eigenvalue weighted by Crippen LogP contribution is 2.48. The first-order valence-corrected chi connectivity index (χ1v) is 11.2. The van der Waals surface area contributed by atoms with Crippen molar-refractivity contribution in [2.24, 2.45) is 17.8 Å². The minimum absolute atomic E-state index is 0.0811. The molecule has 0 heterocycles. The standard InChI is InChI=1S/C24H36O5/c1-3-4-5-8-18(25)10-11-19-20-12-16-7-6-9-23(29-15-24(27)28-2)21(16)13-17(20)14-22(19)26/h6-7,9,17-20,22,25-26H,3-5,8,10-15H2,1-2H3/t17-,18-,19?,20-,22+/m0/s1. The number of carbonyl (C=O) groups is 1. The minimum atomic E-state index is -0.384. The van der Waals surface area contributed by atoms with Crippen LogP contribution in [0, 0.1) is 17.8 Å². The molecule has 3 rings (SSSR count). The summed E-state index contributed by atoms with van der Waals surface area (Å²) in [5, 5.41) is 21.0. The number of methoxy groups -OCH3 is 1. The van der Waals surface area contributed by atoms with E-state index >= 15 is 0 Å². The number of fused-ring (bicyclic) bond motifs is 2. The van der Waals surface area contributed by atoms with Gasteiger partial charge in [-0.3, -0.25) is 0 Å². The molecule has 0 saturated heterocycles. The summed E-state index contributed by atoms with van der Waals surface area (Å²) in [5.74, 6) is 1.52. The maximum absolute atomic E-state index is 11.4. The molecule has 2 aliphatic rings. The Bertz CT molecular complexity index is 673. The Labute approximate surface area is 174 Å². The average Bonchev–Trinajstić information content (AvgIpc) is 3.02. The molecule has 0 amide bonds. The molecule has 5 heteroatoms. The van der Waals surface area contributed by atoms with Gasteiger partial charge in [0.1, 0.15) is 5.75 Å². The van der Waals surface area contributed by atoms with E-state index < -0.39 is 0 Å². The van der Waals surface area contributed by atoms with Crippen molar-refractivity contribution in [3.8, 4) is 5.75 Å². The lowest BCUT2D eigenvalue weighted by molar-refractivity contribution is -0.142. The lowest BCUT2D eigenvalue weighted by Crippen LogP contribution is -2.28. The third-order valence-electron chi connectivity index (χ3n) is 6.89. The first-order valence-electron chi connectivity index (χ1n) is 11.2. The Morgan fingerprint density at radius 3 is 2.83 bits per heavy atom. The van der Waals surface area contributed by atoms with Crippen molar-refractivity contribution in [2.75, 3.05) is 13.7 Å². The zero-order valence-electron chi connectivity index (χ0n) is 17.8. The fourth-order valence-electron chi connectivity index (χ4n) is 5.29. The Balaban J connectivity index is 1.62. The Morgan fingerprint density at radius 1 is 1.24 bits per heavy atom. The molecular weight excluding hydrogens is 368 g/mol. The monoisotopic (exact) mass is 404 g/mol. The van der Waals surface area contributed by atoms with Gasteiger partial charge in [0.2, 0.25) is 0 Å². The molecule has 1 fully saturated rings. The van der Waals surface area contributed by atoms with E-state index in [0.717, 1.165) is 50.7 Å². The molecule has 1 saturated carbocycles. The van der Waals surface area contributed by atoms with Crippen LogP contribution >= 0.6 is 0 Å². The molecule has 162 valence electrons. The van der Waals surface area contributed by atoms with Crippen LogP contribution in [0.2, 0.25) is 0 Å². The molecule has 1 unspecified atom stereocenters. The van der Waals surface area contributed by atoms with Gasteiger partial charge in [-0.2, -0.15) is 0 Å². The van der Waals surface area contributed by atoms with E-state index in [1.54, 1.807) is 0 Å². The molecule has 0 radical (unpaired) electrons. The number of esters is 1. The molecule has 2 aliphatic carbocycles. The van der Waals surface area contributed by atoms with Gasteiger partial charge in [0.05, 0.1) is 19.3 Å². The summed E-state index contributed by atoms with van der Waals surface area (Å²) in [6.07, 6.45) is 8.05. The Hall–Kier alpha value is -1.59. The van der Waals surface area contributed by atoms with E-state index in [1.165, 1.54) is 31.1 Å². The van der Waals surface area contributed by atoms with Crippen LogP contribution in [0.3, 0.4) is 0 Å². The van der Waals surface area contributed by atoms with E-state index in [-0.39, 0.29) is 30.7 Å². The molecule has 1 aromatic rings. The quantitative estimate of drug-likeness (QED) is 0.460. The van der Waals surface area contributed by atoms with Crippen molar-refractivity contribution >= 4 is 5.97 Å². The minimum Gasteiger partial charge on any atom is -0.482 e. The number of carbonyl (C=O) groups excluding carboxylic acids is 1. The molecule has 5 atom stereocenters. The molecule has 0 spiro atoms. The molecule has 2 N–H and O–H groups in total. The zero-order valence-corrected chi connectivity index (χ0v) is 17.8. The van der Waals surface area contributed by atoms with Crippen molar-refractivity contribution in [1.82, 2.24) is 0 Å². The molecule has 0 aromatic heterocycles. The van der Waals surface area contributed by atoms with Crippen LogP contribution in [0.4, 0.5) is 0 Å². The number of unbranched alkanes of at least 4 members (excludes halogenated alkanes) is 2. The lowest BCUT2D eigenvalue weighted by Gasteiger charge is -2.32. The second-order valence-corrected chi connectivity index (χ2v) is 8.78. The number of aliphatic hydroxyl groups is 2. The topological polar surface area (TPSA) is 76.0 Å². The van der Waals surface area contributed by atoms with Crippen molar-refractivity contribution in [1.29, 1.82) is 0 Å². The van der Waals surface area contributed by atoms with E-state index in [9.17, 15) is 15.0 Å². The van der Waals surface area contributed by atoms with Gasteiger partial charge in [-0.15, -0.1) is 0 Å². The lowest BCUT2D eigenvalue weighted by atomic mass is 9.73. The number of hydrogen-bond acceptors (Lipinski definition) is 5. The first kappa shape index (κ1) is 22.1. The molecule has 1 aromatic carbocycles. The smallest absolute Gasteiger partial charge is 0.343 e. The van der Waals surface area contributed by atoms with Gasteiger partial charge in [0.25, 0.3) is 0 Å². The third-order valence-corrected chi connectivity index (χ3v) is 6.89. The van der Waals surface area contributed by atoms with Crippen LogP contribution in [0.25, 0.3) is 0 Å².